The van der Waals surface area contributed by atoms with Crippen molar-refractivity contribution in [2.45, 2.75) is 19.4 Å². The number of morpholine rings is 1. The fourth-order valence-corrected chi connectivity index (χ4v) is 4.34. The lowest BCUT2D eigenvalue weighted by molar-refractivity contribution is -0.120. The van der Waals surface area contributed by atoms with E-state index < -0.39 is 6.04 Å². The molecule has 8 nitrogen and oxygen atoms in total. The van der Waals surface area contributed by atoms with Crippen LogP contribution in [0.15, 0.2) is 46.2 Å². The lowest BCUT2D eigenvalue weighted by Crippen LogP contribution is -2.40. The van der Waals surface area contributed by atoms with Gasteiger partial charge in [0, 0.05) is 30.3 Å². The van der Waals surface area contributed by atoms with Crippen molar-refractivity contribution in [3.8, 4) is 0 Å². The van der Waals surface area contributed by atoms with E-state index >= 15 is 0 Å². The molecule has 162 valence electrons. The highest BCUT2D eigenvalue weighted by molar-refractivity contribution is 7.10. The number of ether oxygens (including phenoxy) is 1. The smallest absolute Gasteiger partial charge is 0.291 e. The summed E-state index contributed by atoms with van der Waals surface area (Å²) in [5.74, 6) is -0.729. The minimum Gasteiger partial charge on any atom is -0.449 e. The first-order valence-electron chi connectivity index (χ1n) is 10.0. The highest BCUT2D eigenvalue weighted by Crippen LogP contribution is 2.33. The largest absolute Gasteiger partial charge is 0.449 e. The second-order valence-corrected chi connectivity index (χ2v) is 8.21. The number of thiophene rings is 1. The minimum absolute atomic E-state index is 0.0325. The second-order valence-electron chi connectivity index (χ2n) is 7.23. The molecule has 1 aliphatic rings. The number of carbonyl (C=O) groups excluding carboxylic acids is 3. The number of nitrogens with one attached hydrogen (secondary N) is 2. The summed E-state index contributed by atoms with van der Waals surface area (Å²) in [5.41, 5.74) is 0.871. The van der Waals surface area contributed by atoms with Crippen LogP contribution < -0.4 is 10.6 Å². The summed E-state index contributed by atoms with van der Waals surface area (Å²) in [4.78, 5) is 40.2. The zero-order valence-corrected chi connectivity index (χ0v) is 17.9. The number of rotatable bonds is 6. The van der Waals surface area contributed by atoms with Crippen molar-refractivity contribution in [1.82, 2.24) is 10.2 Å². The predicted octanol–water partition coefficient (Wildman–Crippen LogP) is 3.17. The Balaban J connectivity index is 1.60. The van der Waals surface area contributed by atoms with Gasteiger partial charge >= 0.3 is 0 Å². The van der Waals surface area contributed by atoms with E-state index in [1.54, 1.807) is 17.0 Å². The molecule has 0 bridgehead atoms. The molecule has 1 aromatic carbocycles. The molecule has 1 aliphatic heterocycles. The Kier molecular flexibility index (Phi) is 6.34. The van der Waals surface area contributed by atoms with Crippen LogP contribution in [0.4, 0.5) is 5.69 Å². The van der Waals surface area contributed by atoms with Gasteiger partial charge in [0.25, 0.3) is 5.91 Å². The SMILES string of the molecule is CC(=O)NC(CC(=O)Nc1c(C(=O)N2CCOCC2)oc2ccccc12)c1cccs1. The third-order valence-electron chi connectivity index (χ3n) is 5.01. The van der Waals surface area contributed by atoms with E-state index in [2.05, 4.69) is 10.6 Å². The van der Waals surface area contributed by atoms with Crippen LogP contribution in [0.2, 0.25) is 0 Å². The van der Waals surface area contributed by atoms with Gasteiger partial charge in [0.2, 0.25) is 17.6 Å². The van der Waals surface area contributed by atoms with E-state index in [0.717, 1.165) is 4.88 Å². The van der Waals surface area contributed by atoms with Gasteiger partial charge in [0.1, 0.15) is 11.3 Å². The van der Waals surface area contributed by atoms with Crippen molar-refractivity contribution in [3.05, 3.63) is 52.4 Å². The van der Waals surface area contributed by atoms with Crippen molar-refractivity contribution < 1.29 is 23.5 Å². The number of nitrogens with zero attached hydrogens (tertiary/aromatic N) is 1. The van der Waals surface area contributed by atoms with E-state index in [-0.39, 0.29) is 29.9 Å². The molecule has 0 aliphatic carbocycles. The minimum atomic E-state index is -0.450. The molecule has 31 heavy (non-hydrogen) atoms. The van der Waals surface area contributed by atoms with E-state index in [1.165, 1.54) is 18.3 Å². The first kappa shape index (κ1) is 21.1. The van der Waals surface area contributed by atoms with Crippen molar-refractivity contribution in [1.29, 1.82) is 0 Å². The molecule has 9 heteroatoms. The number of para-hydroxylation sites is 1. The standard InChI is InChI=1S/C22H23N3O5S/c1-14(26)23-16(18-7-4-12-31-18)13-19(27)24-20-15-5-2-3-6-17(15)30-21(20)22(28)25-8-10-29-11-9-25/h2-7,12,16H,8-11,13H2,1H3,(H,23,26)(H,24,27). The van der Waals surface area contributed by atoms with Gasteiger partial charge in [-0.1, -0.05) is 18.2 Å². The van der Waals surface area contributed by atoms with E-state index in [0.29, 0.717) is 43.0 Å². The van der Waals surface area contributed by atoms with Crippen LogP contribution in [-0.2, 0) is 14.3 Å². The van der Waals surface area contributed by atoms with Crippen LogP contribution in [0.5, 0.6) is 0 Å². The number of furan rings is 1. The van der Waals surface area contributed by atoms with Crippen molar-refractivity contribution in [2.75, 3.05) is 31.6 Å². The van der Waals surface area contributed by atoms with Gasteiger partial charge in [0.05, 0.1) is 25.7 Å². The highest BCUT2D eigenvalue weighted by atomic mass is 32.1. The number of hydrogen-bond donors (Lipinski definition) is 2. The Morgan fingerprint density at radius 2 is 1.90 bits per heavy atom. The maximum Gasteiger partial charge on any atom is 0.291 e. The van der Waals surface area contributed by atoms with Gasteiger partial charge < -0.3 is 24.7 Å². The Hall–Kier alpha value is -3.17. The van der Waals surface area contributed by atoms with Gasteiger partial charge in [-0.3, -0.25) is 14.4 Å². The Labute approximate surface area is 183 Å². The van der Waals surface area contributed by atoms with Crippen LogP contribution in [0.1, 0.15) is 34.8 Å². The molecule has 2 aromatic heterocycles. The lowest BCUT2D eigenvalue weighted by atomic mass is 10.1. The summed E-state index contributed by atoms with van der Waals surface area (Å²) in [5, 5.41) is 8.22. The predicted molar refractivity (Wildman–Crippen MR) is 117 cm³/mol. The van der Waals surface area contributed by atoms with Crippen molar-refractivity contribution >= 4 is 45.7 Å². The molecule has 3 aromatic rings. The molecule has 1 saturated heterocycles. The van der Waals surface area contributed by atoms with E-state index in [9.17, 15) is 14.4 Å². The first-order chi connectivity index (χ1) is 15.0. The average Bonchev–Trinajstić information content (AvgIpc) is 3.42. The van der Waals surface area contributed by atoms with Crippen LogP contribution in [0, 0.1) is 0 Å². The molecule has 0 spiro atoms. The Morgan fingerprint density at radius 1 is 1.13 bits per heavy atom. The third kappa shape index (κ3) is 4.78. The molecule has 2 N–H and O–H groups in total. The maximum atomic E-state index is 13.1. The van der Waals surface area contributed by atoms with Gasteiger partial charge in [0.15, 0.2) is 0 Å². The average molecular weight is 442 g/mol. The van der Waals surface area contributed by atoms with Gasteiger partial charge in [-0.05, 0) is 23.6 Å². The van der Waals surface area contributed by atoms with Crippen LogP contribution in [0.3, 0.4) is 0 Å². The summed E-state index contributed by atoms with van der Waals surface area (Å²) >= 11 is 1.47. The molecule has 4 rings (SSSR count). The maximum absolute atomic E-state index is 13.1. The summed E-state index contributed by atoms with van der Waals surface area (Å²) in [6, 6.07) is 10.5. The topological polar surface area (TPSA) is 101 Å². The fourth-order valence-electron chi connectivity index (χ4n) is 3.56. The molecular weight excluding hydrogens is 418 g/mol. The number of hydrogen-bond acceptors (Lipinski definition) is 6. The van der Waals surface area contributed by atoms with Crippen LogP contribution in [-0.4, -0.2) is 48.9 Å². The summed E-state index contributed by atoms with van der Waals surface area (Å²) in [6.45, 7) is 3.28. The van der Waals surface area contributed by atoms with Crippen molar-refractivity contribution in [3.63, 3.8) is 0 Å². The molecule has 1 fully saturated rings. The first-order valence-corrected chi connectivity index (χ1v) is 10.9. The molecule has 1 unspecified atom stereocenters. The van der Waals surface area contributed by atoms with Crippen molar-refractivity contribution in [2.24, 2.45) is 0 Å². The summed E-state index contributed by atoms with van der Waals surface area (Å²) in [7, 11) is 0. The number of amides is 3. The molecule has 3 amide bonds. The van der Waals surface area contributed by atoms with Crippen LogP contribution in [0.25, 0.3) is 11.0 Å². The normalized spacial score (nSPS) is 14.9. The monoisotopic (exact) mass is 441 g/mol. The van der Waals surface area contributed by atoms with Gasteiger partial charge in [-0.2, -0.15) is 0 Å². The second kappa shape index (κ2) is 9.32. The number of fused-ring (bicyclic) bond motifs is 1. The van der Waals surface area contributed by atoms with E-state index in [4.69, 9.17) is 9.15 Å². The number of carbonyl (C=O) groups is 3. The Morgan fingerprint density at radius 3 is 2.61 bits per heavy atom. The molecule has 3 heterocycles. The number of anilines is 1. The summed E-state index contributed by atoms with van der Waals surface area (Å²) in [6.07, 6.45) is 0.0325. The molecule has 0 saturated carbocycles. The zero-order valence-electron chi connectivity index (χ0n) is 17.1. The highest BCUT2D eigenvalue weighted by Gasteiger charge is 2.28. The van der Waals surface area contributed by atoms with Crippen LogP contribution >= 0.6 is 11.3 Å². The molecular formula is C22H23N3O5S. The lowest BCUT2D eigenvalue weighted by Gasteiger charge is -2.26. The van der Waals surface area contributed by atoms with Gasteiger partial charge in [-0.15, -0.1) is 11.3 Å². The van der Waals surface area contributed by atoms with E-state index in [1.807, 2.05) is 29.6 Å². The molecule has 0 radical (unpaired) electrons. The number of benzene rings is 1. The fraction of sp³-hybridized carbons (Fsp3) is 0.318. The zero-order chi connectivity index (χ0) is 21.8. The quantitative estimate of drug-likeness (QED) is 0.612. The summed E-state index contributed by atoms with van der Waals surface area (Å²) < 4.78 is 11.2. The molecule has 1 atom stereocenters. The Bertz CT molecular complexity index is 1090. The van der Waals surface area contributed by atoms with Gasteiger partial charge in [-0.25, -0.2) is 0 Å². The third-order valence-corrected chi connectivity index (χ3v) is 5.99.